The van der Waals surface area contributed by atoms with E-state index in [1.54, 1.807) is 7.11 Å². The van der Waals surface area contributed by atoms with Gasteiger partial charge in [0.1, 0.15) is 5.75 Å². The summed E-state index contributed by atoms with van der Waals surface area (Å²) in [6, 6.07) is 8.46. The van der Waals surface area contributed by atoms with Gasteiger partial charge >= 0.3 is 0 Å². The van der Waals surface area contributed by atoms with Crippen LogP contribution in [-0.2, 0) is 0 Å². The first-order valence-corrected chi connectivity index (χ1v) is 10.1. The molecule has 1 saturated heterocycles. The van der Waals surface area contributed by atoms with E-state index in [-0.39, 0.29) is 30.0 Å². The number of hydrogen-bond acceptors (Lipinski definition) is 4. The van der Waals surface area contributed by atoms with E-state index in [0.29, 0.717) is 11.8 Å². The lowest BCUT2D eigenvalue weighted by Crippen LogP contribution is -2.40. The average Bonchev–Trinajstić information content (AvgIpc) is 3.13. The van der Waals surface area contributed by atoms with Crippen molar-refractivity contribution in [2.75, 3.05) is 46.6 Å². The van der Waals surface area contributed by atoms with E-state index in [1.165, 1.54) is 24.2 Å². The first-order chi connectivity index (χ1) is 12.1. The SMILES string of the molecule is CCNC(=NCC(c1cccc(OC)c1)N(C)C)NCC1CCCS1.I. The second kappa shape index (κ2) is 12.7. The van der Waals surface area contributed by atoms with Gasteiger partial charge in [0.25, 0.3) is 0 Å². The van der Waals surface area contributed by atoms with Gasteiger partial charge in [0.15, 0.2) is 5.96 Å². The van der Waals surface area contributed by atoms with Crippen LogP contribution in [0.4, 0.5) is 0 Å². The summed E-state index contributed by atoms with van der Waals surface area (Å²) in [5, 5.41) is 7.58. The van der Waals surface area contributed by atoms with Crippen LogP contribution in [-0.4, -0.2) is 62.7 Å². The molecule has 5 nitrogen and oxygen atoms in total. The van der Waals surface area contributed by atoms with Crippen molar-refractivity contribution in [2.45, 2.75) is 31.1 Å². The molecule has 2 unspecified atom stereocenters. The molecule has 0 amide bonds. The Balaban J connectivity index is 0.00000338. The fraction of sp³-hybridized carbons (Fsp3) is 0.632. The number of ether oxygens (including phenoxy) is 1. The summed E-state index contributed by atoms with van der Waals surface area (Å²) in [6.07, 6.45) is 2.64. The average molecular weight is 492 g/mol. The van der Waals surface area contributed by atoms with E-state index in [0.717, 1.165) is 24.8 Å². The van der Waals surface area contributed by atoms with Crippen LogP contribution in [0.3, 0.4) is 0 Å². The van der Waals surface area contributed by atoms with E-state index >= 15 is 0 Å². The molecule has 148 valence electrons. The van der Waals surface area contributed by atoms with Gasteiger partial charge < -0.3 is 20.3 Å². The molecule has 2 rings (SSSR count). The van der Waals surface area contributed by atoms with Gasteiger partial charge in [-0.05, 0) is 57.3 Å². The molecule has 1 aromatic carbocycles. The molecule has 1 aromatic rings. The third-order valence-electron chi connectivity index (χ3n) is 4.39. The Morgan fingerprint density at radius 3 is 2.81 bits per heavy atom. The molecule has 2 N–H and O–H groups in total. The van der Waals surface area contributed by atoms with Crippen LogP contribution < -0.4 is 15.4 Å². The lowest BCUT2D eigenvalue weighted by Gasteiger charge is -2.24. The summed E-state index contributed by atoms with van der Waals surface area (Å²) in [7, 11) is 5.89. The Morgan fingerprint density at radius 1 is 1.38 bits per heavy atom. The minimum Gasteiger partial charge on any atom is -0.497 e. The molecule has 1 fully saturated rings. The molecule has 0 spiro atoms. The van der Waals surface area contributed by atoms with Crippen molar-refractivity contribution in [2.24, 2.45) is 4.99 Å². The highest BCUT2D eigenvalue weighted by molar-refractivity contribution is 14.0. The zero-order valence-electron chi connectivity index (χ0n) is 16.3. The van der Waals surface area contributed by atoms with E-state index in [4.69, 9.17) is 9.73 Å². The van der Waals surface area contributed by atoms with E-state index < -0.39 is 0 Å². The van der Waals surface area contributed by atoms with E-state index in [2.05, 4.69) is 60.4 Å². The minimum atomic E-state index is 0. The summed E-state index contributed by atoms with van der Waals surface area (Å²) < 4.78 is 5.36. The molecular formula is C19H33IN4OS. The van der Waals surface area contributed by atoms with Crippen molar-refractivity contribution in [3.63, 3.8) is 0 Å². The summed E-state index contributed by atoms with van der Waals surface area (Å²) in [5.74, 6) is 3.08. The highest BCUT2D eigenvalue weighted by Crippen LogP contribution is 2.25. The third kappa shape index (κ3) is 7.52. The van der Waals surface area contributed by atoms with Crippen LogP contribution in [0.5, 0.6) is 5.75 Å². The Kier molecular flexibility index (Phi) is 11.4. The molecule has 0 saturated carbocycles. The summed E-state index contributed by atoms with van der Waals surface area (Å²) >= 11 is 2.07. The van der Waals surface area contributed by atoms with Gasteiger partial charge in [-0.3, -0.25) is 4.99 Å². The molecule has 1 aliphatic rings. The van der Waals surface area contributed by atoms with Crippen molar-refractivity contribution in [1.29, 1.82) is 0 Å². The number of aliphatic imine (C=N–C) groups is 1. The molecule has 0 aliphatic carbocycles. The van der Waals surface area contributed by atoms with Crippen molar-refractivity contribution < 1.29 is 4.74 Å². The fourth-order valence-corrected chi connectivity index (χ4v) is 4.15. The normalized spacial score (nSPS) is 18.3. The van der Waals surface area contributed by atoms with Crippen molar-refractivity contribution in [1.82, 2.24) is 15.5 Å². The maximum atomic E-state index is 5.36. The highest BCUT2D eigenvalue weighted by atomic mass is 127. The zero-order chi connectivity index (χ0) is 18.1. The Bertz CT molecular complexity index is 550. The van der Waals surface area contributed by atoms with E-state index in [1.807, 2.05) is 12.1 Å². The molecule has 1 aliphatic heterocycles. The maximum absolute atomic E-state index is 5.36. The standard InChI is InChI=1S/C19H32N4OS.HI/c1-5-20-19(21-13-17-10-7-11-25-17)22-14-18(23(2)3)15-8-6-9-16(12-15)24-4;/h6,8-9,12,17-18H,5,7,10-11,13-14H2,1-4H3,(H2,20,21,22);1H. The van der Waals surface area contributed by atoms with Gasteiger partial charge in [-0.2, -0.15) is 11.8 Å². The molecule has 26 heavy (non-hydrogen) atoms. The lowest BCUT2D eigenvalue weighted by atomic mass is 10.1. The van der Waals surface area contributed by atoms with Crippen LogP contribution in [0.25, 0.3) is 0 Å². The van der Waals surface area contributed by atoms with Crippen LogP contribution in [0.2, 0.25) is 0 Å². The number of nitrogens with one attached hydrogen (secondary N) is 2. The number of nitrogens with zero attached hydrogens (tertiary/aromatic N) is 2. The quantitative estimate of drug-likeness (QED) is 0.331. The number of halogens is 1. The first kappa shape index (κ1) is 23.4. The Labute approximate surface area is 179 Å². The van der Waals surface area contributed by atoms with Crippen LogP contribution in [0.1, 0.15) is 31.4 Å². The van der Waals surface area contributed by atoms with Gasteiger partial charge in [-0.25, -0.2) is 0 Å². The molecular weight excluding hydrogens is 459 g/mol. The summed E-state index contributed by atoms with van der Waals surface area (Å²) in [6.45, 7) is 4.66. The van der Waals surface area contributed by atoms with Crippen molar-refractivity contribution in [3.8, 4) is 5.75 Å². The Morgan fingerprint density at radius 2 is 2.19 bits per heavy atom. The first-order valence-electron chi connectivity index (χ1n) is 9.08. The predicted octanol–water partition coefficient (Wildman–Crippen LogP) is 3.37. The molecule has 0 aromatic heterocycles. The second-order valence-corrected chi connectivity index (χ2v) is 7.90. The number of likely N-dealkylation sites (N-methyl/N-ethyl adjacent to an activating group) is 1. The fourth-order valence-electron chi connectivity index (χ4n) is 2.95. The van der Waals surface area contributed by atoms with Gasteiger partial charge in [0, 0.05) is 18.3 Å². The Hall–Kier alpha value is -0.670. The molecule has 0 radical (unpaired) electrons. The number of rotatable bonds is 8. The largest absolute Gasteiger partial charge is 0.497 e. The van der Waals surface area contributed by atoms with Gasteiger partial charge in [-0.1, -0.05) is 12.1 Å². The van der Waals surface area contributed by atoms with Crippen molar-refractivity contribution >= 4 is 41.7 Å². The predicted molar refractivity (Wildman–Crippen MR) is 124 cm³/mol. The smallest absolute Gasteiger partial charge is 0.191 e. The minimum absolute atomic E-state index is 0. The number of guanidine groups is 1. The summed E-state index contributed by atoms with van der Waals surface area (Å²) in [5.41, 5.74) is 1.22. The molecule has 7 heteroatoms. The highest BCUT2D eigenvalue weighted by Gasteiger charge is 2.17. The van der Waals surface area contributed by atoms with Gasteiger partial charge in [-0.15, -0.1) is 24.0 Å². The summed E-state index contributed by atoms with van der Waals surface area (Å²) in [4.78, 5) is 7.03. The molecule has 2 atom stereocenters. The van der Waals surface area contributed by atoms with Gasteiger partial charge in [0.05, 0.1) is 19.7 Å². The van der Waals surface area contributed by atoms with E-state index in [9.17, 15) is 0 Å². The number of hydrogen-bond donors (Lipinski definition) is 2. The van der Waals surface area contributed by atoms with Crippen LogP contribution in [0.15, 0.2) is 29.3 Å². The second-order valence-electron chi connectivity index (χ2n) is 6.49. The monoisotopic (exact) mass is 492 g/mol. The molecule has 0 bridgehead atoms. The maximum Gasteiger partial charge on any atom is 0.191 e. The topological polar surface area (TPSA) is 48.9 Å². The number of thioether (sulfide) groups is 1. The third-order valence-corrected chi connectivity index (χ3v) is 5.79. The zero-order valence-corrected chi connectivity index (χ0v) is 19.5. The number of methoxy groups -OCH3 is 1. The van der Waals surface area contributed by atoms with Crippen LogP contribution >= 0.6 is 35.7 Å². The van der Waals surface area contributed by atoms with Gasteiger partial charge in [0.2, 0.25) is 0 Å². The van der Waals surface area contributed by atoms with Crippen LogP contribution in [0, 0.1) is 0 Å². The molecule has 1 heterocycles. The van der Waals surface area contributed by atoms with Crippen molar-refractivity contribution in [3.05, 3.63) is 29.8 Å². The number of benzene rings is 1. The lowest BCUT2D eigenvalue weighted by molar-refractivity contribution is 0.305.